The zero-order valence-electron chi connectivity index (χ0n) is 18.4. The number of benzene rings is 1. The van der Waals surface area contributed by atoms with Crippen LogP contribution >= 0.6 is 24.0 Å². The van der Waals surface area contributed by atoms with E-state index in [1.807, 2.05) is 29.9 Å². The quantitative estimate of drug-likeness (QED) is 0.219. The van der Waals surface area contributed by atoms with Crippen molar-refractivity contribution in [3.8, 4) is 0 Å². The number of halogens is 1. The van der Waals surface area contributed by atoms with Crippen LogP contribution in [0.4, 0.5) is 0 Å². The van der Waals surface area contributed by atoms with Gasteiger partial charge < -0.3 is 15.4 Å². The SMILES string of the molecule is CCNC(=NCCCOC(C)c1ccccc1)NCCc1c(C)nn(C)c1C.I. The maximum Gasteiger partial charge on any atom is 0.191 e. The minimum absolute atomic E-state index is 0. The van der Waals surface area contributed by atoms with E-state index in [1.165, 1.54) is 16.8 Å². The van der Waals surface area contributed by atoms with Crippen LogP contribution < -0.4 is 10.6 Å². The van der Waals surface area contributed by atoms with Crippen LogP contribution in [-0.4, -0.2) is 42.0 Å². The third kappa shape index (κ3) is 8.34. The molecule has 0 radical (unpaired) electrons. The molecule has 0 saturated carbocycles. The number of aliphatic imine (C=N–C) groups is 1. The lowest BCUT2D eigenvalue weighted by molar-refractivity contribution is 0.0652. The maximum atomic E-state index is 5.92. The smallest absolute Gasteiger partial charge is 0.191 e. The summed E-state index contributed by atoms with van der Waals surface area (Å²) in [5.74, 6) is 0.859. The zero-order valence-corrected chi connectivity index (χ0v) is 20.7. The average molecular weight is 513 g/mol. The van der Waals surface area contributed by atoms with Gasteiger partial charge in [-0.25, -0.2) is 0 Å². The van der Waals surface area contributed by atoms with Crippen LogP contribution in [0.5, 0.6) is 0 Å². The highest BCUT2D eigenvalue weighted by molar-refractivity contribution is 14.0. The molecule has 7 heteroatoms. The van der Waals surface area contributed by atoms with Crippen LogP contribution in [0.15, 0.2) is 35.3 Å². The second kappa shape index (κ2) is 13.6. The number of nitrogens with zero attached hydrogens (tertiary/aromatic N) is 3. The number of guanidine groups is 1. The van der Waals surface area contributed by atoms with Gasteiger partial charge in [0, 0.05) is 39.0 Å². The predicted octanol–water partition coefficient (Wildman–Crippen LogP) is 3.92. The van der Waals surface area contributed by atoms with Gasteiger partial charge in [-0.15, -0.1) is 24.0 Å². The summed E-state index contributed by atoms with van der Waals surface area (Å²) in [6.07, 6.45) is 1.95. The Bertz CT molecular complexity index is 745. The summed E-state index contributed by atoms with van der Waals surface area (Å²) in [6, 6.07) is 10.3. The largest absolute Gasteiger partial charge is 0.374 e. The van der Waals surface area contributed by atoms with Gasteiger partial charge in [0.25, 0.3) is 0 Å². The van der Waals surface area contributed by atoms with Gasteiger partial charge in [-0.3, -0.25) is 9.67 Å². The third-order valence-electron chi connectivity index (χ3n) is 4.88. The van der Waals surface area contributed by atoms with E-state index in [9.17, 15) is 0 Å². The lowest BCUT2D eigenvalue weighted by atomic mass is 10.1. The molecule has 0 bridgehead atoms. The molecule has 2 rings (SSSR count). The second-order valence-electron chi connectivity index (χ2n) is 6.99. The van der Waals surface area contributed by atoms with Gasteiger partial charge >= 0.3 is 0 Å². The molecule has 1 heterocycles. The highest BCUT2D eigenvalue weighted by Crippen LogP contribution is 2.15. The molecule has 162 valence electrons. The van der Waals surface area contributed by atoms with Gasteiger partial charge in [-0.05, 0) is 51.7 Å². The molecule has 0 saturated heterocycles. The van der Waals surface area contributed by atoms with Gasteiger partial charge in [-0.1, -0.05) is 30.3 Å². The number of hydrogen-bond acceptors (Lipinski definition) is 3. The Balaban J connectivity index is 0.00000420. The van der Waals surface area contributed by atoms with Crippen molar-refractivity contribution >= 4 is 29.9 Å². The number of rotatable bonds is 10. The van der Waals surface area contributed by atoms with E-state index in [4.69, 9.17) is 4.74 Å². The molecule has 0 spiro atoms. The fourth-order valence-corrected chi connectivity index (χ4v) is 3.16. The molecule has 0 aliphatic carbocycles. The zero-order chi connectivity index (χ0) is 20.4. The van der Waals surface area contributed by atoms with E-state index < -0.39 is 0 Å². The Morgan fingerprint density at radius 2 is 1.93 bits per heavy atom. The first-order valence-electron chi connectivity index (χ1n) is 10.2. The van der Waals surface area contributed by atoms with Crippen molar-refractivity contribution in [2.24, 2.45) is 12.0 Å². The monoisotopic (exact) mass is 513 g/mol. The van der Waals surface area contributed by atoms with E-state index >= 15 is 0 Å². The van der Waals surface area contributed by atoms with Crippen molar-refractivity contribution in [3.05, 3.63) is 52.8 Å². The lowest BCUT2D eigenvalue weighted by Gasteiger charge is -2.13. The third-order valence-corrected chi connectivity index (χ3v) is 4.88. The highest BCUT2D eigenvalue weighted by atomic mass is 127. The molecule has 29 heavy (non-hydrogen) atoms. The van der Waals surface area contributed by atoms with E-state index in [1.54, 1.807) is 0 Å². The average Bonchev–Trinajstić information content (AvgIpc) is 2.94. The molecule has 0 fully saturated rings. The van der Waals surface area contributed by atoms with Crippen molar-refractivity contribution < 1.29 is 4.74 Å². The molecule has 1 aromatic carbocycles. The molecule has 1 unspecified atom stereocenters. The maximum absolute atomic E-state index is 5.92. The lowest BCUT2D eigenvalue weighted by Crippen LogP contribution is -2.38. The van der Waals surface area contributed by atoms with Crippen molar-refractivity contribution in [2.75, 3.05) is 26.2 Å². The minimum Gasteiger partial charge on any atom is -0.374 e. The number of hydrogen-bond donors (Lipinski definition) is 2. The van der Waals surface area contributed by atoms with Crippen LogP contribution in [0.3, 0.4) is 0 Å². The summed E-state index contributed by atoms with van der Waals surface area (Å²) in [5, 5.41) is 11.2. The first-order valence-corrected chi connectivity index (χ1v) is 10.2. The fourth-order valence-electron chi connectivity index (χ4n) is 3.16. The number of aryl methyl sites for hydroxylation is 2. The van der Waals surface area contributed by atoms with Crippen LogP contribution in [0.1, 0.15) is 48.9 Å². The number of nitrogens with one attached hydrogen (secondary N) is 2. The molecular weight excluding hydrogens is 477 g/mol. The standard InChI is InChI=1S/C22H35N5O.HI/c1-6-23-22(25-15-13-21-17(2)26-27(5)18(21)3)24-14-10-16-28-19(4)20-11-8-7-9-12-20;/h7-9,11-12,19H,6,10,13-16H2,1-5H3,(H2,23,24,25);1H. The summed E-state index contributed by atoms with van der Waals surface area (Å²) in [4.78, 5) is 4.66. The van der Waals surface area contributed by atoms with E-state index in [0.29, 0.717) is 6.61 Å². The van der Waals surface area contributed by atoms with E-state index in [0.717, 1.165) is 44.1 Å². The summed E-state index contributed by atoms with van der Waals surface area (Å²) in [6.45, 7) is 11.5. The van der Waals surface area contributed by atoms with Crippen LogP contribution in [0, 0.1) is 13.8 Å². The van der Waals surface area contributed by atoms with Crippen LogP contribution in [0.25, 0.3) is 0 Å². The highest BCUT2D eigenvalue weighted by Gasteiger charge is 2.09. The van der Waals surface area contributed by atoms with Crippen molar-refractivity contribution in [3.63, 3.8) is 0 Å². The van der Waals surface area contributed by atoms with Crippen LogP contribution in [-0.2, 0) is 18.2 Å². The molecule has 1 atom stereocenters. The molecule has 0 aliphatic heterocycles. The second-order valence-corrected chi connectivity index (χ2v) is 6.99. The fraction of sp³-hybridized carbons (Fsp3) is 0.545. The normalized spacial score (nSPS) is 12.4. The topological polar surface area (TPSA) is 63.5 Å². The molecule has 2 aromatic rings. The van der Waals surface area contributed by atoms with Gasteiger partial charge in [-0.2, -0.15) is 5.10 Å². The number of ether oxygens (including phenoxy) is 1. The molecule has 6 nitrogen and oxygen atoms in total. The Morgan fingerprint density at radius 1 is 1.21 bits per heavy atom. The van der Waals surface area contributed by atoms with Gasteiger partial charge in [0.15, 0.2) is 5.96 Å². The summed E-state index contributed by atoms with van der Waals surface area (Å²) >= 11 is 0. The van der Waals surface area contributed by atoms with Crippen molar-refractivity contribution in [1.29, 1.82) is 0 Å². The van der Waals surface area contributed by atoms with Crippen molar-refractivity contribution in [1.82, 2.24) is 20.4 Å². The Labute approximate surface area is 192 Å². The van der Waals surface area contributed by atoms with Gasteiger partial charge in [0.2, 0.25) is 0 Å². The van der Waals surface area contributed by atoms with Gasteiger partial charge in [0.05, 0.1) is 11.8 Å². The van der Waals surface area contributed by atoms with Gasteiger partial charge in [0.1, 0.15) is 0 Å². The summed E-state index contributed by atoms with van der Waals surface area (Å²) in [5.41, 5.74) is 4.86. The molecule has 0 aliphatic rings. The minimum atomic E-state index is 0. The van der Waals surface area contributed by atoms with Crippen molar-refractivity contribution in [2.45, 2.75) is 46.6 Å². The Kier molecular flexibility index (Phi) is 11.9. The first kappa shape index (κ1) is 25.4. The summed E-state index contributed by atoms with van der Waals surface area (Å²) in [7, 11) is 1.99. The Hall–Kier alpha value is -1.61. The van der Waals surface area contributed by atoms with E-state index in [-0.39, 0.29) is 30.1 Å². The Morgan fingerprint density at radius 3 is 2.55 bits per heavy atom. The predicted molar refractivity (Wildman–Crippen MR) is 131 cm³/mol. The molecule has 1 aromatic heterocycles. The first-order chi connectivity index (χ1) is 13.5. The molecule has 2 N–H and O–H groups in total. The molecular formula is C22H36IN5O. The summed E-state index contributed by atoms with van der Waals surface area (Å²) < 4.78 is 7.86. The number of aromatic nitrogens is 2. The molecule has 0 amide bonds. The van der Waals surface area contributed by atoms with Crippen LogP contribution in [0.2, 0.25) is 0 Å². The van der Waals surface area contributed by atoms with E-state index in [2.05, 4.69) is 60.6 Å².